The number of nitro groups is 1. The first kappa shape index (κ1) is 20.8. The van der Waals surface area contributed by atoms with Crippen molar-refractivity contribution in [2.24, 2.45) is 16.6 Å². The summed E-state index contributed by atoms with van der Waals surface area (Å²) >= 11 is 6.71. The highest BCUT2D eigenvalue weighted by molar-refractivity contribution is 9.14. The fourth-order valence-electron chi connectivity index (χ4n) is 3.66. The number of allylic oxidation sites excluding steroid dienone is 2. The molecular weight excluding hydrogens is 477 g/mol. The lowest BCUT2D eigenvalue weighted by atomic mass is 9.93. The van der Waals surface area contributed by atoms with Gasteiger partial charge in [0.25, 0.3) is 0 Å². The number of hydrogen-bond donors (Lipinski definition) is 2. The Hall–Kier alpha value is -0.480. The average molecular weight is 500 g/mol. The number of hydrogen-bond acceptors (Lipinski definition) is 6. The lowest BCUT2D eigenvalue weighted by Gasteiger charge is -2.37. The van der Waals surface area contributed by atoms with E-state index in [0.29, 0.717) is 20.6 Å². The highest BCUT2D eigenvalue weighted by atomic mass is 79.9. The zero-order chi connectivity index (χ0) is 17.6. The minimum atomic E-state index is -1.85. The molecule has 3 aliphatic rings. The summed E-state index contributed by atoms with van der Waals surface area (Å²) < 4.78 is 0.893. The predicted molar refractivity (Wildman–Crippen MR) is 108 cm³/mol. The smallest absolute Gasteiger partial charge is 0.345 e. The standard InChI is InChI=1S/C15H21Br2N5O2.ClH/c1-8(2)21-11-7-10(16)12(17)15(18,22(23)24)13(11)20-14(21)9-3-5-19-6-4-9;/h7-9,14,19H,3-6,18H2,1-2H3;1H. The summed E-state index contributed by atoms with van der Waals surface area (Å²) in [5.74, 6) is 0.362. The lowest BCUT2D eigenvalue weighted by molar-refractivity contribution is -0.532. The van der Waals surface area contributed by atoms with Crippen LogP contribution in [0.1, 0.15) is 26.7 Å². The number of halogens is 3. The van der Waals surface area contributed by atoms with E-state index in [0.717, 1.165) is 31.6 Å². The van der Waals surface area contributed by atoms with Crippen LogP contribution in [0.4, 0.5) is 0 Å². The minimum Gasteiger partial charge on any atom is -0.345 e. The zero-order valence-corrected chi connectivity index (χ0v) is 18.0. The molecule has 3 rings (SSSR count). The van der Waals surface area contributed by atoms with Gasteiger partial charge in [-0.2, -0.15) is 0 Å². The van der Waals surface area contributed by atoms with Crippen molar-refractivity contribution in [3.8, 4) is 0 Å². The van der Waals surface area contributed by atoms with E-state index in [4.69, 9.17) is 10.7 Å². The summed E-state index contributed by atoms with van der Waals surface area (Å²) in [4.78, 5) is 18.3. The van der Waals surface area contributed by atoms with E-state index in [1.807, 2.05) is 6.08 Å². The third-order valence-corrected chi connectivity index (χ3v) is 7.07. The molecule has 0 amide bonds. The Kier molecular flexibility index (Phi) is 6.36. The molecule has 2 heterocycles. The van der Waals surface area contributed by atoms with Gasteiger partial charge in [0.05, 0.1) is 10.6 Å². The lowest BCUT2D eigenvalue weighted by Crippen LogP contribution is -2.57. The topological polar surface area (TPSA) is 96.8 Å². The van der Waals surface area contributed by atoms with Crippen molar-refractivity contribution in [1.82, 2.24) is 10.2 Å². The maximum Gasteiger partial charge on any atom is 0.350 e. The molecule has 2 aliphatic heterocycles. The molecule has 0 radical (unpaired) electrons. The van der Waals surface area contributed by atoms with Gasteiger partial charge in [-0.1, -0.05) is 0 Å². The fraction of sp³-hybridized carbons (Fsp3) is 0.667. The molecule has 140 valence electrons. The van der Waals surface area contributed by atoms with Crippen LogP contribution in [0.15, 0.2) is 25.7 Å². The molecule has 7 nitrogen and oxygen atoms in total. The Balaban J connectivity index is 0.00000225. The molecule has 2 atom stereocenters. The number of nitrogens with two attached hydrogens (primary N) is 1. The van der Waals surface area contributed by atoms with Gasteiger partial charge in [0, 0.05) is 16.4 Å². The summed E-state index contributed by atoms with van der Waals surface area (Å²) in [6, 6.07) is 0.172. The molecule has 0 spiro atoms. The van der Waals surface area contributed by atoms with Crippen molar-refractivity contribution in [3.63, 3.8) is 0 Å². The van der Waals surface area contributed by atoms with Gasteiger partial charge in [0.2, 0.25) is 0 Å². The van der Waals surface area contributed by atoms with E-state index in [-0.39, 0.29) is 24.6 Å². The highest BCUT2D eigenvalue weighted by Gasteiger charge is 2.57. The maximum absolute atomic E-state index is 11.8. The number of nitrogens with one attached hydrogen (secondary N) is 1. The van der Waals surface area contributed by atoms with E-state index in [9.17, 15) is 10.1 Å². The summed E-state index contributed by atoms with van der Waals surface area (Å²) in [5.41, 5.74) is 5.48. The van der Waals surface area contributed by atoms with E-state index in [1.54, 1.807) is 0 Å². The van der Waals surface area contributed by atoms with Crippen molar-refractivity contribution in [3.05, 3.63) is 30.9 Å². The van der Waals surface area contributed by atoms with Gasteiger partial charge in [0.1, 0.15) is 10.6 Å². The second kappa shape index (κ2) is 7.64. The Morgan fingerprint density at radius 3 is 2.56 bits per heavy atom. The van der Waals surface area contributed by atoms with Gasteiger partial charge in [-0.25, -0.2) is 0 Å². The number of nitrogens with zero attached hydrogens (tertiary/aromatic N) is 3. The maximum atomic E-state index is 11.8. The largest absolute Gasteiger partial charge is 0.350 e. The number of rotatable bonds is 3. The molecular formula is C15H22Br2ClN5O2. The molecule has 0 bridgehead atoms. The van der Waals surface area contributed by atoms with Crippen molar-refractivity contribution >= 4 is 50.0 Å². The van der Waals surface area contributed by atoms with Crippen molar-refractivity contribution in [2.75, 3.05) is 13.1 Å². The molecule has 1 saturated heterocycles. The Labute approximate surface area is 170 Å². The fourth-order valence-corrected chi connectivity index (χ4v) is 4.62. The van der Waals surface area contributed by atoms with Crippen LogP contribution >= 0.6 is 44.3 Å². The van der Waals surface area contributed by atoms with Crippen LogP contribution in [0.5, 0.6) is 0 Å². The summed E-state index contributed by atoms with van der Waals surface area (Å²) in [6.07, 6.45) is 3.79. The van der Waals surface area contributed by atoms with Crippen molar-refractivity contribution in [2.45, 2.75) is 44.6 Å². The van der Waals surface area contributed by atoms with Gasteiger partial charge >= 0.3 is 5.66 Å². The highest BCUT2D eigenvalue weighted by Crippen LogP contribution is 2.43. The summed E-state index contributed by atoms with van der Waals surface area (Å²) in [5, 5.41) is 15.1. The summed E-state index contributed by atoms with van der Waals surface area (Å²) in [6.45, 7) is 6.06. The van der Waals surface area contributed by atoms with Crippen LogP contribution in [0.25, 0.3) is 0 Å². The second-order valence-corrected chi connectivity index (χ2v) is 8.34. The monoisotopic (exact) mass is 497 g/mol. The zero-order valence-electron chi connectivity index (χ0n) is 14.0. The second-order valence-electron chi connectivity index (χ2n) is 6.69. The van der Waals surface area contributed by atoms with E-state index >= 15 is 0 Å². The first-order valence-electron chi connectivity index (χ1n) is 8.07. The van der Waals surface area contributed by atoms with Crippen LogP contribution in [0.3, 0.4) is 0 Å². The third-order valence-electron chi connectivity index (χ3n) is 4.89. The molecule has 1 fully saturated rings. The van der Waals surface area contributed by atoms with Crippen LogP contribution in [-0.4, -0.2) is 46.5 Å². The predicted octanol–water partition coefficient (Wildman–Crippen LogP) is 2.73. The van der Waals surface area contributed by atoms with Gasteiger partial charge in [-0.15, -0.1) is 12.4 Å². The first-order valence-corrected chi connectivity index (χ1v) is 9.65. The number of fused-ring (bicyclic) bond motifs is 1. The van der Waals surface area contributed by atoms with Gasteiger partial charge < -0.3 is 10.2 Å². The van der Waals surface area contributed by atoms with Crippen molar-refractivity contribution in [1.29, 1.82) is 0 Å². The quantitative estimate of drug-likeness (QED) is 0.354. The summed E-state index contributed by atoms with van der Waals surface area (Å²) in [7, 11) is 0. The normalized spacial score (nSPS) is 30.0. The van der Waals surface area contributed by atoms with Crippen molar-refractivity contribution < 1.29 is 4.92 Å². The minimum absolute atomic E-state index is 0. The molecule has 10 heteroatoms. The molecule has 3 N–H and O–H groups in total. The molecule has 1 aliphatic carbocycles. The van der Waals surface area contributed by atoms with E-state index in [2.05, 4.69) is 55.9 Å². The molecule has 0 aromatic carbocycles. The van der Waals surface area contributed by atoms with Gasteiger partial charge in [0.15, 0.2) is 5.71 Å². The number of piperidine rings is 1. The van der Waals surface area contributed by atoms with Gasteiger partial charge in [-0.05, 0) is 77.7 Å². The Bertz CT molecular complexity index is 660. The van der Waals surface area contributed by atoms with E-state index in [1.165, 1.54) is 0 Å². The van der Waals surface area contributed by atoms with Crippen LogP contribution in [-0.2, 0) is 0 Å². The van der Waals surface area contributed by atoms with Crippen LogP contribution in [0.2, 0.25) is 0 Å². The van der Waals surface area contributed by atoms with Gasteiger partial charge in [-0.3, -0.25) is 20.8 Å². The molecule has 0 aromatic heterocycles. The number of aliphatic imine (C=N–C) groups is 1. The van der Waals surface area contributed by atoms with E-state index < -0.39 is 10.6 Å². The Morgan fingerprint density at radius 2 is 2.04 bits per heavy atom. The SMILES string of the molecule is CC(C)N1C2=CC(Br)=C(Br)C(N)([N+](=O)[O-])C2=NC1C1CCNCC1.Cl. The van der Waals surface area contributed by atoms with Crippen LogP contribution < -0.4 is 11.1 Å². The van der Waals surface area contributed by atoms with Crippen LogP contribution in [0, 0.1) is 16.0 Å². The molecule has 0 aromatic rings. The molecule has 25 heavy (non-hydrogen) atoms. The molecule has 0 saturated carbocycles. The third kappa shape index (κ3) is 3.29. The molecule has 2 unspecified atom stereocenters. The average Bonchev–Trinajstić information content (AvgIpc) is 2.93. The Morgan fingerprint density at radius 1 is 1.44 bits per heavy atom. The first-order chi connectivity index (χ1) is 11.3.